The summed E-state index contributed by atoms with van der Waals surface area (Å²) in [5.74, 6) is -0.900. The van der Waals surface area contributed by atoms with Gasteiger partial charge in [0.25, 0.3) is 0 Å². The van der Waals surface area contributed by atoms with Gasteiger partial charge in [-0.15, -0.1) is 0 Å². The molecule has 3 N–H and O–H groups in total. The fraction of sp³-hybridized carbons (Fsp3) is 0.767. The molecule has 1 heterocycles. The first-order chi connectivity index (χ1) is 26.3. The number of rotatable bonds is 38. The summed E-state index contributed by atoms with van der Waals surface area (Å²) in [4.78, 5) is 34.8. The molecule has 0 aliphatic carbocycles. The van der Waals surface area contributed by atoms with Crippen molar-refractivity contribution < 1.29 is 42.3 Å². The topological polar surface area (TPSA) is 147 Å². The Labute approximate surface area is 328 Å². The molecule has 1 aliphatic heterocycles. The van der Waals surface area contributed by atoms with E-state index in [1.807, 2.05) is 6.08 Å². The van der Waals surface area contributed by atoms with Gasteiger partial charge < -0.3 is 24.8 Å². The Kier molecular flexibility index (Phi) is 32.7. The number of ether oxygens (including phenoxy) is 3. The van der Waals surface area contributed by atoms with Crippen molar-refractivity contribution in [3.05, 3.63) is 48.6 Å². The quantitative estimate of drug-likeness (QED) is 0.0204. The highest BCUT2D eigenvalue weighted by atomic mass is 31.2. The molecule has 1 fully saturated rings. The van der Waals surface area contributed by atoms with Crippen molar-refractivity contribution in [1.82, 2.24) is 0 Å². The molecule has 1 rings (SSSR count). The zero-order valence-corrected chi connectivity index (χ0v) is 34.8. The average Bonchev–Trinajstić information content (AvgIpc) is 3.93. The minimum atomic E-state index is -4.39. The molecule has 0 saturated carbocycles. The summed E-state index contributed by atoms with van der Waals surface area (Å²) in [6, 6.07) is 0. The van der Waals surface area contributed by atoms with Crippen LogP contribution >= 0.6 is 7.82 Å². The number of hydrogen-bond donors (Lipinski definition) is 2. The first kappa shape index (κ1) is 49.9. The van der Waals surface area contributed by atoms with Crippen LogP contribution in [0.5, 0.6) is 0 Å². The largest absolute Gasteiger partial charge is 0.472 e. The maximum Gasteiger partial charge on any atom is 0.472 e. The molecule has 10 nitrogen and oxygen atoms in total. The highest BCUT2D eigenvalue weighted by Gasteiger charge is 2.35. The first-order valence-corrected chi connectivity index (χ1v) is 22.7. The molecular formula is C43H76NO9P. The first-order valence-electron chi connectivity index (χ1n) is 21.2. The molecule has 312 valence electrons. The van der Waals surface area contributed by atoms with E-state index in [2.05, 4.69) is 56.4 Å². The molecule has 0 bridgehead atoms. The van der Waals surface area contributed by atoms with Gasteiger partial charge in [-0.1, -0.05) is 152 Å². The number of epoxide rings is 1. The van der Waals surface area contributed by atoms with E-state index in [4.69, 9.17) is 29.0 Å². The van der Waals surface area contributed by atoms with Crippen molar-refractivity contribution >= 4 is 19.8 Å². The van der Waals surface area contributed by atoms with Crippen LogP contribution in [0.15, 0.2) is 48.6 Å². The summed E-state index contributed by atoms with van der Waals surface area (Å²) in [5, 5.41) is 0. The lowest BCUT2D eigenvalue weighted by molar-refractivity contribution is -0.161. The second kappa shape index (κ2) is 35.4. The van der Waals surface area contributed by atoms with Gasteiger partial charge in [0, 0.05) is 19.4 Å². The number of unbranched alkanes of at least 4 members (excludes halogenated alkanes) is 15. The van der Waals surface area contributed by atoms with E-state index in [9.17, 15) is 19.0 Å². The number of nitrogens with two attached hydrogens (primary N) is 1. The van der Waals surface area contributed by atoms with Gasteiger partial charge in [-0.25, -0.2) is 4.57 Å². The van der Waals surface area contributed by atoms with Gasteiger partial charge in [0.05, 0.1) is 25.4 Å². The van der Waals surface area contributed by atoms with Crippen molar-refractivity contribution in [2.45, 2.75) is 186 Å². The summed E-state index contributed by atoms with van der Waals surface area (Å²) < 4.78 is 38.2. The molecule has 0 radical (unpaired) electrons. The third-order valence-electron chi connectivity index (χ3n) is 9.20. The Morgan fingerprint density at radius 3 is 1.72 bits per heavy atom. The Hall–Kier alpha value is -2.07. The molecule has 0 aromatic rings. The molecule has 0 amide bonds. The standard InChI is InChI=1S/C43H76NO9P/c1-3-5-6-7-8-9-10-11-12-15-18-21-24-27-30-33-42(45)49-37-39(38-51-54(47,48)50-36-35-44)52-43(46)34-31-28-25-22-19-16-13-14-17-20-23-26-29-32-41-40(4-2)53-41/h13,16-17,20,22,25-26,29,39-41H,3-12,14-15,18-19,21,23-24,27-28,30-38,44H2,1-2H3,(H,47,48)/b16-13-,20-17-,25-22-,29-26-. The van der Waals surface area contributed by atoms with Gasteiger partial charge >= 0.3 is 19.8 Å². The summed E-state index contributed by atoms with van der Waals surface area (Å²) in [6.45, 7) is 3.56. The molecule has 1 saturated heterocycles. The smallest absolute Gasteiger partial charge is 0.462 e. The van der Waals surface area contributed by atoms with Crippen LogP contribution < -0.4 is 5.73 Å². The lowest BCUT2D eigenvalue weighted by Crippen LogP contribution is -2.29. The van der Waals surface area contributed by atoms with Crippen LogP contribution in [0.2, 0.25) is 0 Å². The lowest BCUT2D eigenvalue weighted by Gasteiger charge is -2.19. The van der Waals surface area contributed by atoms with Gasteiger partial charge in [0.2, 0.25) is 0 Å². The van der Waals surface area contributed by atoms with E-state index < -0.39 is 32.5 Å². The van der Waals surface area contributed by atoms with Gasteiger partial charge in [-0.05, 0) is 51.4 Å². The Balaban J connectivity index is 2.21. The highest BCUT2D eigenvalue weighted by Crippen LogP contribution is 2.43. The fourth-order valence-electron chi connectivity index (χ4n) is 5.91. The minimum absolute atomic E-state index is 0.0419. The van der Waals surface area contributed by atoms with Crippen molar-refractivity contribution in [3.63, 3.8) is 0 Å². The second-order valence-corrected chi connectivity index (χ2v) is 15.7. The van der Waals surface area contributed by atoms with E-state index in [1.165, 1.54) is 77.0 Å². The van der Waals surface area contributed by atoms with Gasteiger partial charge in [-0.3, -0.25) is 18.6 Å². The number of carbonyl (C=O) groups excluding carboxylic acids is 2. The Bertz CT molecular complexity index is 1090. The Morgan fingerprint density at radius 1 is 0.667 bits per heavy atom. The lowest BCUT2D eigenvalue weighted by atomic mass is 10.0. The summed E-state index contributed by atoms with van der Waals surface area (Å²) in [7, 11) is -4.39. The number of allylic oxidation sites excluding steroid dienone is 7. The van der Waals surface area contributed by atoms with E-state index in [1.54, 1.807) is 0 Å². The number of esters is 2. The Morgan fingerprint density at radius 2 is 1.19 bits per heavy atom. The molecular weight excluding hydrogens is 705 g/mol. The predicted octanol–water partition coefficient (Wildman–Crippen LogP) is 10.9. The molecule has 4 unspecified atom stereocenters. The van der Waals surface area contributed by atoms with Crippen LogP contribution in [0.4, 0.5) is 0 Å². The molecule has 0 spiro atoms. The zero-order chi connectivity index (χ0) is 39.4. The van der Waals surface area contributed by atoms with Crippen molar-refractivity contribution in [2.24, 2.45) is 5.73 Å². The fourth-order valence-corrected chi connectivity index (χ4v) is 6.68. The summed E-state index contributed by atoms with van der Waals surface area (Å²) in [5.41, 5.74) is 5.34. The van der Waals surface area contributed by atoms with Crippen LogP contribution in [0.3, 0.4) is 0 Å². The van der Waals surface area contributed by atoms with Gasteiger partial charge in [0.15, 0.2) is 6.10 Å². The van der Waals surface area contributed by atoms with E-state index in [-0.39, 0.29) is 32.6 Å². The van der Waals surface area contributed by atoms with Crippen molar-refractivity contribution in [3.8, 4) is 0 Å². The van der Waals surface area contributed by atoms with Crippen LogP contribution in [0.1, 0.15) is 168 Å². The predicted molar refractivity (Wildman–Crippen MR) is 219 cm³/mol. The molecule has 0 aromatic heterocycles. The van der Waals surface area contributed by atoms with E-state index in [0.717, 1.165) is 51.4 Å². The second-order valence-electron chi connectivity index (χ2n) is 14.2. The molecule has 0 aromatic carbocycles. The van der Waals surface area contributed by atoms with Crippen molar-refractivity contribution in [1.29, 1.82) is 0 Å². The molecule has 4 atom stereocenters. The minimum Gasteiger partial charge on any atom is -0.462 e. The maximum absolute atomic E-state index is 12.6. The highest BCUT2D eigenvalue weighted by molar-refractivity contribution is 7.47. The normalized spacial score (nSPS) is 17.6. The van der Waals surface area contributed by atoms with E-state index in [0.29, 0.717) is 25.0 Å². The van der Waals surface area contributed by atoms with Gasteiger partial charge in [-0.2, -0.15) is 0 Å². The molecule has 11 heteroatoms. The molecule has 54 heavy (non-hydrogen) atoms. The third-order valence-corrected chi connectivity index (χ3v) is 10.2. The monoisotopic (exact) mass is 782 g/mol. The van der Waals surface area contributed by atoms with Crippen LogP contribution in [0.25, 0.3) is 0 Å². The SMILES string of the molecule is CCCCCCCCCCCCCCCCCC(=O)OCC(COP(=O)(O)OCCN)OC(=O)CCC/C=C\C/C=C\C/C=C\C/C=C\CC1OC1CC. The zero-order valence-electron chi connectivity index (χ0n) is 33.9. The molecule has 1 aliphatic rings. The van der Waals surface area contributed by atoms with Crippen LogP contribution in [0, 0.1) is 0 Å². The van der Waals surface area contributed by atoms with Crippen LogP contribution in [-0.4, -0.2) is 61.5 Å². The van der Waals surface area contributed by atoms with Crippen LogP contribution in [-0.2, 0) is 37.4 Å². The summed E-state index contributed by atoms with van der Waals surface area (Å²) in [6.07, 6.45) is 42.0. The van der Waals surface area contributed by atoms with E-state index >= 15 is 0 Å². The maximum atomic E-state index is 12.6. The number of phosphoric acid groups is 1. The van der Waals surface area contributed by atoms with Gasteiger partial charge in [0.1, 0.15) is 6.61 Å². The number of carbonyl (C=O) groups is 2. The summed E-state index contributed by atoms with van der Waals surface area (Å²) >= 11 is 0. The number of phosphoric ester groups is 1. The average molecular weight is 782 g/mol. The van der Waals surface area contributed by atoms with Crippen molar-refractivity contribution in [2.75, 3.05) is 26.4 Å². The number of hydrogen-bond acceptors (Lipinski definition) is 9. The third kappa shape index (κ3) is 32.2.